The highest BCUT2D eigenvalue weighted by Crippen LogP contribution is 2.29. The summed E-state index contributed by atoms with van der Waals surface area (Å²) in [6.07, 6.45) is 0.937. The summed E-state index contributed by atoms with van der Waals surface area (Å²) in [6.45, 7) is 0.646. The summed E-state index contributed by atoms with van der Waals surface area (Å²) in [4.78, 5) is 0. The summed E-state index contributed by atoms with van der Waals surface area (Å²) < 4.78 is 6.71. The van der Waals surface area contributed by atoms with Crippen LogP contribution in [0.15, 0.2) is 18.2 Å². The lowest BCUT2D eigenvalue weighted by atomic mass is 10.0. The molecule has 72 valence electrons. The van der Waals surface area contributed by atoms with E-state index in [1.165, 1.54) is 9.13 Å². The normalized spacial score (nSPS) is 19.7. The number of rotatable bonds is 0. The van der Waals surface area contributed by atoms with Crippen molar-refractivity contribution in [1.82, 2.24) is 0 Å². The van der Waals surface area contributed by atoms with Gasteiger partial charge in [0.1, 0.15) is 12.4 Å². The molecule has 0 bridgehead atoms. The fraction of sp³-hybridized carbons (Fsp3) is 0.333. The van der Waals surface area contributed by atoms with Crippen LogP contribution in [-0.2, 0) is 6.42 Å². The van der Waals surface area contributed by atoms with Crippen LogP contribution in [0.2, 0.25) is 0 Å². The molecule has 0 fully saturated rings. The maximum absolute atomic E-state index is 5.77. The fourth-order valence-corrected chi connectivity index (χ4v) is 2.12. The summed E-state index contributed by atoms with van der Waals surface area (Å²) in [7, 11) is 0. The van der Waals surface area contributed by atoms with Crippen LogP contribution < -0.4 is 10.5 Å². The van der Waals surface area contributed by atoms with Gasteiger partial charge in [0.25, 0.3) is 0 Å². The lowest BCUT2D eigenvalue weighted by molar-refractivity contribution is 0.261. The molecular formula is C9H11ClINO. The molecule has 0 aromatic heterocycles. The predicted molar refractivity (Wildman–Crippen MR) is 63.6 cm³/mol. The zero-order valence-corrected chi connectivity index (χ0v) is 9.97. The molecule has 0 radical (unpaired) electrons. The first kappa shape index (κ1) is 11.1. The minimum atomic E-state index is 0. The van der Waals surface area contributed by atoms with E-state index >= 15 is 0 Å². The van der Waals surface area contributed by atoms with Crippen molar-refractivity contribution in [3.8, 4) is 5.75 Å². The Bertz CT molecular complexity index is 306. The van der Waals surface area contributed by atoms with E-state index in [9.17, 15) is 0 Å². The Kier molecular flexibility index (Phi) is 3.82. The monoisotopic (exact) mass is 311 g/mol. The highest BCUT2D eigenvalue weighted by molar-refractivity contribution is 14.1. The van der Waals surface area contributed by atoms with Gasteiger partial charge >= 0.3 is 0 Å². The number of para-hydroxylation sites is 1. The summed E-state index contributed by atoms with van der Waals surface area (Å²) in [5.74, 6) is 1.03. The van der Waals surface area contributed by atoms with Crippen molar-refractivity contribution in [2.75, 3.05) is 6.61 Å². The van der Waals surface area contributed by atoms with Crippen LogP contribution in [0.5, 0.6) is 5.75 Å². The number of halogens is 2. The first-order chi connectivity index (χ1) is 5.77. The fourth-order valence-electron chi connectivity index (χ4n) is 1.41. The van der Waals surface area contributed by atoms with Gasteiger partial charge in [-0.15, -0.1) is 12.4 Å². The second kappa shape index (κ2) is 4.48. The van der Waals surface area contributed by atoms with Crippen molar-refractivity contribution >= 4 is 35.0 Å². The SMILES string of the molecule is Cl.NC1COc2c(I)cccc2C1. The van der Waals surface area contributed by atoms with Crippen molar-refractivity contribution in [3.63, 3.8) is 0 Å². The number of ether oxygens (including phenoxy) is 1. The van der Waals surface area contributed by atoms with E-state index in [-0.39, 0.29) is 18.4 Å². The van der Waals surface area contributed by atoms with Gasteiger partial charge in [-0.1, -0.05) is 12.1 Å². The summed E-state index contributed by atoms with van der Waals surface area (Å²) in [5.41, 5.74) is 7.01. The van der Waals surface area contributed by atoms with Gasteiger partial charge in [-0.2, -0.15) is 0 Å². The van der Waals surface area contributed by atoms with Gasteiger partial charge in [-0.05, 0) is 40.6 Å². The molecule has 1 aromatic carbocycles. The molecule has 1 atom stereocenters. The quantitative estimate of drug-likeness (QED) is 0.744. The number of nitrogens with two attached hydrogens (primary N) is 1. The smallest absolute Gasteiger partial charge is 0.135 e. The van der Waals surface area contributed by atoms with Gasteiger partial charge in [0, 0.05) is 6.04 Å². The summed E-state index contributed by atoms with van der Waals surface area (Å²) in [6, 6.07) is 6.34. The molecule has 13 heavy (non-hydrogen) atoms. The minimum absolute atomic E-state index is 0. The van der Waals surface area contributed by atoms with Crippen LogP contribution in [0.3, 0.4) is 0 Å². The molecular weight excluding hydrogens is 300 g/mol. The van der Waals surface area contributed by atoms with Crippen LogP contribution in [0.25, 0.3) is 0 Å². The number of benzene rings is 1. The van der Waals surface area contributed by atoms with E-state index in [1.54, 1.807) is 0 Å². The standard InChI is InChI=1S/C9H10INO.ClH/c10-8-3-1-2-6-4-7(11)5-12-9(6)8;/h1-3,7H,4-5,11H2;1H. The van der Waals surface area contributed by atoms with Gasteiger partial charge in [0.2, 0.25) is 0 Å². The Labute approximate surface area is 97.4 Å². The van der Waals surface area contributed by atoms with Gasteiger partial charge in [-0.25, -0.2) is 0 Å². The van der Waals surface area contributed by atoms with Gasteiger partial charge in [-0.3, -0.25) is 0 Å². The molecule has 1 unspecified atom stereocenters. The van der Waals surface area contributed by atoms with Crippen molar-refractivity contribution in [2.45, 2.75) is 12.5 Å². The average Bonchev–Trinajstić information content (AvgIpc) is 2.04. The molecule has 2 rings (SSSR count). The molecule has 0 saturated carbocycles. The van der Waals surface area contributed by atoms with E-state index in [2.05, 4.69) is 34.7 Å². The minimum Gasteiger partial charge on any atom is -0.491 e. The Balaban J connectivity index is 0.000000845. The van der Waals surface area contributed by atoms with Crippen LogP contribution >= 0.6 is 35.0 Å². The molecule has 2 N–H and O–H groups in total. The van der Waals surface area contributed by atoms with Crippen LogP contribution in [0, 0.1) is 3.57 Å². The molecule has 4 heteroatoms. The van der Waals surface area contributed by atoms with E-state index in [4.69, 9.17) is 10.5 Å². The Morgan fingerprint density at radius 3 is 3.00 bits per heavy atom. The largest absolute Gasteiger partial charge is 0.491 e. The molecule has 0 spiro atoms. The second-order valence-corrected chi connectivity index (χ2v) is 4.17. The Morgan fingerprint density at radius 1 is 1.46 bits per heavy atom. The predicted octanol–water partition coefficient (Wildman–Crippen LogP) is 1.98. The molecule has 2 nitrogen and oxygen atoms in total. The average molecular weight is 312 g/mol. The molecule has 1 aliphatic rings. The third-order valence-corrected chi connectivity index (χ3v) is 2.82. The maximum Gasteiger partial charge on any atom is 0.135 e. The first-order valence-corrected chi connectivity index (χ1v) is 5.01. The van der Waals surface area contributed by atoms with Crippen molar-refractivity contribution < 1.29 is 4.74 Å². The van der Waals surface area contributed by atoms with Crippen LogP contribution in [0.1, 0.15) is 5.56 Å². The van der Waals surface area contributed by atoms with E-state index in [0.29, 0.717) is 6.61 Å². The molecule has 1 heterocycles. The number of fused-ring (bicyclic) bond motifs is 1. The van der Waals surface area contributed by atoms with Crippen molar-refractivity contribution in [1.29, 1.82) is 0 Å². The zero-order chi connectivity index (χ0) is 8.55. The lowest BCUT2D eigenvalue weighted by Gasteiger charge is -2.23. The topological polar surface area (TPSA) is 35.2 Å². The number of hydrogen-bond acceptors (Lipinski definition) is 2. The Hall–Kier alpha value is -0.000000000000000111. The molecule has 1 aliphatic heterocycles. The zero-order valence-electron chi connectivity index (χ0n) is 7.00. The third-order valence-electron chi connectivity index (χ3n) is 1.97. The molecule has 0 aliphatic carbocycles. The van der Waals surface area contributed by atoms with Crippen LogP contribution in [0.4, 0.5) is 0 Å². The van der Waals surface area contributed by atoms with Gasteiger partial charge in [0.05, 0.1) is 3.57 Å². The first-order valence-electron chi connectivity index (χ1n) is 3.93. The number of hydrogen-bond donors (Lipinski definition) is 1. The maximum atomic E-state index is 5.77. The highest BCUT2D eigenvalue weighted by atomic mass is 127. The molecule has 0 amide bonds. The molecule has 1 aromatic rings. The van der Waals surface area contributed by atoms with Crippen LogP contribution in [-0.4, -0.2) is 12.6 Å². The van der Waals surface area contributed by atoms with Gasteiger partial charge in [0.15, 0.2) is 0 Å². The summed E-state index contributed by atoms with van der Waals surface area (Å²) >= 11 is 2.28. The summed E-state index contributed by atoms with van der Waals surface area (Å²) in [5, 5.41) is 0. The van der Waals surface area contributed by atoms with E-state index in [0.717, 1.165) is 12.2 Å². The van der Waals surface area contributed by atoms with E-state index < -0.39 is 0 Å². The molecule has 0 saturated heterocycles. The van der Waals surface area contributed by atoms with Crippen molar-refractivity contribution in [2.24, 2.45) is 5.73 Å². The Morgan fingerprint density at radius 2 is 2.23 bits per heavy atom. The van der Waals surface area contributed by atoms with E-state index in [1.807, 2.05) is 6.07 Å². The highest BCUT2D eigenvalue weighted by Gasteiger charge is 2.17. The third kappa shape index (κ3) is 2.27. The van der Waals surface area contributed by atoms with Crippen molar-refractivity contribution in [3.05, 3.63) is 27.3 Å². The second-order valence-electron chi connectivity index (χ2n) is 3.00. The lowest BCUT2D eigenvalue weighted by Crippen LogP contribution is -2.34. The van der Waals surface area contributed by atoms with Gasteiger partial charge < -0.3 is 10.5 Å².